The third-order valence-corrected chi connectivity index (χ3v) is 3.41. The highest BCUT2D eigenvalue weighted by Crippen LogP contribution is 2.24. The van der Waals surface area contributed by atoms with E-state index in [0.29, 0.717) is 28.2 Å². The molecule has 2 amide bonds. The van der Waals surface area contributed by atoms with Crippen LogP contribution in [0.4, 0.5) is 5.69 Å². The van der Waals surface area contributed by atoms with Crippen molar-refractivity contribution in [1.29, 1.82) is 0 Å². The van der Waals surface area contributed by atoms with Gasteiger partial charge in [0.2, 0.25) is 0 Å². The summed E-state index contributed by atoms with van der Waals surface area (Å²) in [5.74, 6) is -0.282. The molecule has 23 heavy (non-hydrogen) atoms. The maximum Gasteiger partial charge on any atom is 0.270 e. The first-order valence-corrected chi connectivity index (χ1v) is 7.82. The summed E-state index contributed by atoms with van der Waals surface area (Å²) in [5.41, 5.74) is 0.474. The third-order valence-electron chi connectivity index (χ3n) is 2.67. The molecule has 0 saturated heterocycles. The van der Waals surface area contributed by atoms with E-state index in [1.54, 1.807) is 12.1 Å². The highest BCUT2D eigenvalue weighted by Gasteiger charge is 2.04. The second-order valence-corrected chi connectivity index (χ2v) is 5.97. The van der Waals surface area contributed by atoms with Crippen LogP contribution in [0.3, 0.4) is 0 Å². The molecule has 0 unspecified atom stereocenters. The number of rotatable bonds is 8. The molecule has 126 valence electrons. The summed E-state index contributed by atoms with van der Waals surface area (Å²) in [6, 6.07) is 4.68. The number of hydrogen-bond acceptors (Lipinski definition) is 4. The van der Waals surface area contributed by atoms with Gasteiger partial charge in [-0.2, -0.15) is 0 Å². The van der Waals surface area contributed by atoms with Gasteiger partial charge >= 0.3 is 0 Å². The zero-order chi connectivity index (χ0) is 17.2. The van der Waals surface area contributed by atoms with E-state index >= 15 is 0 Å². The molecule has 0 radical (unpaired) electrons. The van der Waals surface area contributed by atoms with Gasteiger partial charge in [0.15, 0.2) is 6.61 Å². The van der Waals surface area contributed by atoms with Gasteiger partial charge in [-0.15, -0.1) is 0 Å². The molecule has 0 bridgehead atoms. The molecule has 0 spiro atoms. The number of carbonyl (C=O) groups is 2. The monoisotopic (exact) mass is 359 g/mol. The predicted molar refractivity (Wildman–Crippen MR) is 92.0 cm³/mol. The van der Waals surface area contributed by atoms with Crippen LogP contribution in [-0.2, 0) is 14.4 Å². The van der Waals surface area contributed by atoms with Crippen LogP contribution >= 0.6 is 23.2 Å². The van der Waals surface area contributed by atoms with Crippen LogP contribution in [-0.4, -0.2) is 31.2 Å². The quantitative estimate of drug-likeness (QED) is 0.552. The molecule has 1 rings (SSSR count). The first-order valence-electron chi connectivity index (χ1n) is 7.06. The summed E-state index contributed by atoms with van der Waals surface area (Å²) in [6.45, 7) is 4.48. The van der Waals surface area contributed by atoms with Crippen LogP contribution in [0.5, 0.6) is 0 Å². The molecule has 0 aliphatic heterocycles. The second kappa shape index (κ2) is 10.1. The molecule has 8 heteroatoms. The highest BCUT2D eigenvalue weighted by atomic mass is 35.5. The summed E-state index contributed by atoms with van der Waals surface area (Å²) in [5, 5.41) is 9.38. The number of carbonyl (C=O) groups excluding carboxylic acids is 2. The van der Waals surface area contributed by atoms with E-state index in [9.17, 15) is 9.59 Å². The lowest BCUT2D eigenvalue weighted by atomic mass is 10.1. The average molecular weight is 360 g/mol. The van der Waals surface area contributed by atoms with Crippen molar-refractivity contribution in [3.05, 3.63) is 28.2 Å². The molecule has 1 aromatic carbocycles. The Morgan fingerprint density at radius 1 is 1.30 bits per heavy atom. The molecule has 0 saturated carbocycles. The van der Waals surface area contributed by atoms with E-state index in [1.165, 1.54) is 6.07 Å². The first-order chi connectivity index (χ1) is 10.9. The Balaban J connectivity index is 2.27. The number of nitrogens with zero attached hydrogens (tertiary/aromatic N) is 1. The van der Waals surface area contributed by atoms with Crippen molar-refractivity contribution >= 4 is 46.9 Å². The predicted octanol–water partition coefficient (Wildman–Crippen LogP) is 3.10. The Hall–Kier alpha value is -1.79. The van der Waals surface area contributed by atoms with Gasteiger partial charge in [-0.25, -0.2) is 0 Å². The number of amides is 2. The number of anilines is 1. The smallest absolute Gasteiger partial charge is 0.270 e. The molecule has 0 heterocycles. The number of halogens is 2. The molecule has 1 aromatic rings. The fourth-order valence-electron chi connectivity index (χ4n) is 1.48. The molecule has 0 aromatic heterocycles. The molecular formula is C15H19Cl2N3O3. The van der Waals surface area contributed by atoms with Gasteiger partial charge in [0.25, 0.3) is 11.8 Å². The normalized spacial score (nSPS) is 10.8. The fourth-order valence-corrected chi connectivity index (χ4v) is 1.78. The average Bonchev–Trinajstić information content (AvgIpc) is 2.47. The Morgan fingerprint density at radius 2 is 2.04 bits per heavy atom. The van der Waals surface area contributed by atoms with Gasteiger partial charge in [0.05, 0.1) is 10.0 Å². The van der Waals surface area contributed by atoms with Gasteiger partial charge in [-0.1, -0.05) is 42.2 Å². The SMILES string of the molecule is CC(C)CCNC(=O)CON=CC(=O)Nc1ccc(Cl)c(Cl)c1. The van der Waals surface area contributed by atoms with Gasteiger partial charge < -0.3 is 15.5 Å². The Bertz CT molecular complexity index is 577. The van der Waals surface area contributed by atoms with Gasteiger partial charge in [-0.3, -0.25) is 9.59 Å². The molecule has 0 aliphatic carbocycles. The minimum absolute atomic E-state index is 0.241. The van der Waals surface area contributed by atoms with Crippen molar-refractivity contribution in [2.24, 2.45) is 11.1 Å². The number of hydrogen-bond donors (Lipinski definition) is 2. The Kier molecular flexibility index (Phi) is 8.43. The van der Waals surface area contributed by atoms with Gasteiger partial charge in [-0.05, 0) is 30.5 Å². The maximum absolute atomic E-state index is 11.6. The zero-order valence-electron chi connectivity index (χ0n) is 12.9. The van der Waals surface area contributed by atoms with Crippen LogP contribution in [0.25, 0.3) is 0 Å². The van der Waals surface area contributed by atoms with Gasteiger partial charge in [0, 0.05) is 12.2 Å². The summed E-state index contributed by atoms with van der Waals surface area (Å²) >= 11 is 11.6. The standard InChI is InChI=1S/C15H19Cl2N3O3/c1-10(2)5-6-18-15(22)9-23-19-8-14(21)20-11-3-4-12(16)13(17)7-11/h3-4,7-8,10H,5-6,9H2,1-2H3,(H,18,22)(H,20,21). The molecule has 0 atom stereocenters. The van der Waals surface area contributed by atoms with Crippen LogP contribution < -0.4 is 10.6 Å². The minimum Gasteiger partial charge on any atom is -0.386 e. The van der Waals surface area contributed by atoms with Crippen molar-refractivity contribution < 1.29 is 14.4 Å². The van der Waals surface area contributed by atoms with E-state index in [4.69, 9.17) is 28.0 Å². The molecule has 0 fully saturated rings. The number of benzene rings is 1. The molecule has 6 nitrogen and oxygen atoms in total. The number of oxime groups is 1. The van der Waals surface area contributed by atoms with E-state index in [2.05, 4.69) is 29.6 Å². The summed E-state index contributed by atoms with van der Waals surface area (Å²) in [7, 11) is 0. The van der Waals surface area contributed by atoms with E-state index in [0.717, 1.165) is 12.6 Å². The van der Waals surface area contributed by atoms with Crippen molar-refractivity contribution in [1.82, 2.24) is 5.32 Å². The number of nitrogens with one attached hydrogen (secondary N) is 2. The fraction of sp³-hybridized carbons (Fsp3) is 0.400. The Labute approximate surface area is 145 Å². The van der Waals surface area contributed by atoms with Crippen molar-refractivity contribution in [3.63, 3.8) is 0 Å². The molecule has 0 aliphatic rings. The van der Waals surface area contributed by atoms with E-state index < -0.39 is 5.91 Å². The van der Waals surface area contributed by atoms with Crippen molar-refractivity contribution in [2.45, 2.75) is 20.3 Å². The summed E-state index contributed by atoms with van der Waals surface area (Å²) in [6.07, 6.45) is 1.82. The Morgan fingerprint density at radius 3 is 2.70 bits per heavy atom. The summed E-state index contributed by atoms with van der Waals surface area (Å²) in [4.78, 5) is 27.7. The van der Waals surface area contributed by atoms with Gasteiger partial charge in [0.1, 0.15) is 6.21 Å². The van der Waals surface area contributed by atoms with Crippen LogP contribution in [0, 0.1) is 5.92 Å². The second-order valence-electron chi connectivity index (χ2n) is 5.16. The van der Waals surface area contributed by atoms with E-state index in [-0.39, 0.29) is 12.5 Å². The largest absolute Gasteiger partial charge is 0.386 e. The lowest BCUT2D eigenvalue weighted by molar-refractivity contribution is -0.125. The molecule has 2 N–H and O–H groups in total. The van der Waals surface area contributed by atoms with Crippen molar-refractivity contribution in [2.75, 3.05) is 18.5 Å². The highest BCUT2D eigenvalue weighted by molar-refractivity contribution is 6.42. The lowest BCUT2D eigenvalue weighted by Crippen LogP contribution is -2.28. The molecular weight excluding hydrogens is 341 g/mol. The van der Waals surface area contributed by atoms with Crippen LogP contribution in [0.2, 0.25) is 10.0 Å². The lowest BCUT2D eigenvalue weighted by Gasteiger charge is -2.06. The van der Waals surface area contributed by atoms with Crippen molar-refractivity contribution in [3.8, 4) is 0 Å². The topological polar surface area (TPSA) is 79.8 Å². The minimum atomic E-state index is -0.511. The maximum atomic E-state index is 11.6. The van der Waals surface area contributed by atoms with E-state index in [1.807, 2.05) is 0 Å². The first kappa shape index (κ1) is 19.3. The third kappa shape index (κ3) is 8.42. The van der Waals surface area contributed by atoms with Crippen LogP contribution in [0.1, 0.15) is 20.3 Å². The summed E-state index contributed by atoms with van der Waals surface area (Å²) < 4.78 is 0. The van der Waals surface area contributed by atoms with Crippen LogP contribution in [0.15, 0.2) is 23.4 Å². The zero-order valence-corrected chi connectivity index (χ0v) is 14.4.